The summed E-state index contributed by atoms with van der Waals surface area (Å²) in [5.74, 6) is 0.839. The second-order valence-electron chi connectivity index (χ2n) is 4.33. The monoisotopic (exact) mass is 184 g/mol. The van der Waals surface area contributed by atoms with Crippen molar-refractivity contribution in [3.63, 3.8) is 0 Å². The predicted octanol–water partition coefficient (Wildman–Crippen LogP) is 1.76. The molecule has 0 aromatic heterocycles. The molecule has 0 amide bonds. The maximum absolute atomic E-state index is 3.50. The van der Waals surface area contributed by atoms with Crippen molar-refractivity contribution in [3.8, 4) is 0 Å². The minimum Gasteiger partial charge on any atom is -0.315 e. The molecule has 78 valence electrons. The van der Waals surface area contributed by atoms with Crippen LogP contribution in [0.1, 0.15) is 39.5 Å². The van der Waals surface area contributed by atoms with E-state index in [9.17, 15) is 0 Å². The van der Waals surface area contributed by atoms with Crippen LogP contribution in [0.2, 0.25) is 0 Å². The van der Waals surface area contributed by atoms with E-state index < -0.39 is 0 Å². The van der Waals surface area contributed by atoms with Gasteiger partial charge in [-0.15, -0.1) is 0 Å². The Morgan fingerprint density at radius 3 is 2.69 bits per heavy atom. The molecule has 0 aliphatic heterocycles. The molecule has 1 aliphatic carbocycles. The lowest BCUT2D eigenvalue weighted by Crippen LogP contribution is -2.31. The molecule has 1 fully saturated rings. The van der Waals surface area contributed by atoms with Gasteiger partial charge in [-0.05, 0) is 31.7 Å². The third kappa shape index (κ3) is 6.05. The Morgan fingerprint density at radius 2 is 2.08 bits per heavy atom. The highest BCUT2D eigenvalue weighted by Gasteiger charge is 2.19. The quantitative estimate of drug-likeness (QED) is 0.562. The zero-order valence-electron chi connectivity index (χ0n) is 9.10. The van der Waals surface area contributed by atoms with Gasteiger partial charge in [0.1, 0.15) is 0 Å². The summed E-state index contributed by atoms with van der Waals surface area (Å²) in [6.45, 7) is 8.03. The van der Waals surface area contributed by atoms with Crippen molar-refractivity contribution in [2.45, 2.75) is 45.6 Å². The molecule has 1 rings (SSSR count). The maximum Gasteiger partial charge on any atom is 0.00793 e. The van der Waals surface area contributed by atoms with Crippen LogP contribution in [0.3, 0.4) is 0 Å². The van der Waals surface area contributed by atoms with E-state index in [1.54, 1.807) is 0 Å². The summed E-state index contributed by atoms with van der Waals surface area (Å²) in [4.78, 5) is 0. The fourth-order valence-corrected chi connectivity index (χ4v) is 1.60. The molecule has 0 bridgehead atoms. The zero-order valence-corrected chi connectivity index (χ0v) is 9.10. The Labute approximate surface area is 82.5 Å². The van der Waals surface area contributed by atoms with E-state index in [0.717, 1.165) is 25.0 Å². The molecule has 0 spiro atoms. The lowest BCUT2D eigenvalue weighted by atomic mass is 10.1. The van der Waals surface area contributed by atoms with Crippen molar-refractivity contribution in [1.29, 1.82) is 0 Å². The van der Waals surface area contributed by atoms with Crippen LogP contribution in [0.4, 0.5) is 0 Å². The lowest BCUT2D eigenvalue weighted by molar-refractivity contribution is 0.471. The number of nitrogens with one attached hydrogen (secondary N) is 2. The molecule has 2 heteroatoms. The molecule has 0 aromatic rings. The predicted molar refractivity (Wildman–Crippen MR) is 58.0 cm³/mol. The first-order valence-electron chi connectivity index (χ1n) is 5.77. The van der Waals surface area contributed by atoms with Gasteiger partial charge in [0.25, 0.3) is 0 Å². The van der Waals surface area contributed by atoms with E-state index in [0.29, 0.717) is 0 Å². The summed E-state index contributed by atoms with van der Waals surface area (Å²) in [5, 5.41) is 6.99. The molecule has 1 unspecified atom stereocenters. The molecule has 1 atom stereocenters. The lowest BCUT2D eigenvalue weighted by Gasteiger charge is -2.11. The summed E-state index contributed by atoms with van der Waals surface area (Å²) in [5.41, 5.74) is 0. The van der Waals surface area contributed by atoms with Crippen LogP contribution in [0.25, 0.3) is 0 Å². The van der Waals surface area contributed by atoms with Crippen LogP contribution in [-0.4, -0.2) is 25.7 Å². The number of hydrogen-bond acceptors (Lipinski definition) is 2. The van der Waals surface area contributed by atoms with Gasteiger partial charge < -0.3 is 10.6 Å². The second kappa shape index (κ2) is 6.39. The van der Waals surface area contributed by atoms with Crippen molar-refractivity contribution < 1.29 is 0 Å². The molecular formula is C11H24N2. The summed E-state index contributed by atoms with van der Waals surface area (Å²) in [6, 6.07) is 0.856. The Balaban J connectivity index is 1.76. The van der Waals surface area contributed by atoms with Gasteiger partial charge in [-0.3, -0.25) is 0 Å². The van der Waals surface area contributed by atoms with Crippen molar-refractivity contribution in [3.05, 3.63) is 0 Å². The zero-order chi connectivity index (χ0) is 9.52. The smallest absolute Gasteiger partial charge is 0.00793 e. The molecule has 2 N–H and O–H groups in total. The highest BCUT2D eigenvalue weighted by Crippen LogP contribution is 2.17. The standard InChI is InChI=1S/C11H24N2/c1-3-4-10(2)9-12-7-8-13-11-5-6-11/h10-13H,3-9H2,1-2H3. The molecule has 0 radical (unpaired) electrons. The van der Waals surface area contributed by atoms with Crippen molar-refractivity contribution in [2.24, 2.45) is 5.92 Å². The Morgan fingerprint density at radius 1 is 1.31 bits per heavy atom. The second-order valence-corrected chi connectivity index (χ2v) is 4.33. The van der Waals surface area contributed by atoms with Gasteiger partial charge >= 0.3 is 0 Å². The van der Waals surface area contributed by atoms with Crippen LogP contribution in [0.5, 0.6) is 0 Å². The van der Waals surface area contributed by atoms with Crippen molar-refractivity contribution >= 4 is 0 Å². The van der Waals surface area contributed by atoms with Crippen molar-refractivity contribution in [1.82, 2.24) is 10.6 Å². The van der Waals surface area contributed by atoms with Crippen LogP contribution >= 0.6 is 0 Å². The Kier molecular flexibility index (Phi) is 5.40. The Hall–Kier alpha value is -0.0800. The average Bonchev–Trinajstić information content (AvgIpc) is 2.88. The molecule has 1 saturated carbocycles. The largest absolute Gasteiger partial charge is 0.315 e. The first-order chi connectivity index (χ1) is 6.33. The highest BCUT2D eigenvalue weighted by atomic mass is 15.0. The number of hydrogen-bond donors (Lipinski definition) is 2. The highest BCUT2D eigenvalue weighted by molar-refractivity contribution is 4.80. The van der Waals surface area contributed by atoms with Gasteiger partial charge in [-0.1, -0.05) is 20.3 Å². The van der Waals surface area contributed by atoms with Crippen molar-refractivity contribution in [2.75, 3.05) is 19.6 Å². The van der Waals surface area contributed by atoms with Crippen LogP contribution in [0, 0.1) is 5.92 Å². The van der Waals surface area contributed by atoms with Crippen LogP contribution < -0.4 is 10.6 Å². The molecule has 1 aliphatic rings. The fraction of sp³-hybridized carbons (Fsp3) is 1.00. The molecule has 0 aromatic carbocycles. The van der Waals surface area contributed by atoms with E-state index in [-0.39, 0.29) is 0 Å². The average molecular weight is 184 g/mol. The third-order valence-electron chi connectivity index (χ3n) is 2.59. The van der Waals surface area contributed by atoms with Gasteiger partial charge in [0.05, 0.1) is 0 Å². The SMILES string of the molecule is CCCC(C)CNCCNC1CC1. The maximum atomic E-state index is 3.50. The normalized spacial score (nSPS) is 18.9. The van der Waals surface area contributed by atoms with E-state index >= 15 is 0 Å². The van der Waals surface area contributed by atoms with E-state index in [4.69, 9.17) is 0 Å². The first kappa shape index (κ1) is 11.0. The van der Waals surface area contributed by atoms with Gasteiger partial charge in [0.2, 0.25) is 0 Å². The first-order valence-corrected chi connectivity index (χ1v) is 5.77. The van der Waals surface area contributed by atoms with E-state index in [1.807, 2.05) is 0 Å². The molecule has 2 nitrogen and oxygen atoms in total. The topological polar surface area (TPSA) is 24.1 Å². The van der Waals surface area contributed by atoms with Gasteiger partial charge in [-0.25, -0.2) is 0 Å². The summed E-state index contributed by atoms with van der Waals surface area (Å²) in [7, 11) is 0. The molecule has 13 heavy (non-hydrogen) atoms. The molecular weight excluding hydrogens is 160 g/mol. The van der Waals surface area contributed by atoms with Gasteiger partial charge in [0, 0.05) is 19.1 Å². The summed E-state index contributed by atoms with van der Waals surface area (Å²) >= 11 is 0. The third-order valence-corrected chi connectivity index (χ3v) is 2.59. The summed E-state index contributed by atoms with van der Waals surface area (Å²) in [6.07, 6.45) is 5.45. The van der Waals surface area contributed by atoms with E-state index in [2.05, 4.69) is 24.5 Å². The van der Waals surface area contributed by atoms with E-state index in [1.165, 1.54) is 32.2 Å². The van der Waals surface area contributed by atoms with Gasteiger partial charge in [0.15, 0.2) is 0 Å². The Bertz CT molecular complexity index is 121. The molecule has 0 heterocycles. The minimum atomic E-state index is 0.839. The van der Waals surface area contributed by atoms with Crippen LogP contribution in [0.15, 0.2) is 0 Å². The summed E-state index contributed by atoms with van der Waals surface area (Å²) < 4.78 is 0. The minimum absolute atomic E-state index is 0.839. The number of rotatable bonds is 8. The fourth-order valence-electron chi connectivity index (χ4n) is 1.60. The molecule has 0 saturated heterocycles. The van der Waals surface area contributed by atoms with Gasteiger partial charge in [-0.2, -0.15) is 0 Å². The van der Waals surface area contributed by atoms with Crippen LogP contribution in [-0.2, 0) is 0 Å².